The van der Waals surface area contributed by atoms with Crippen LogP contribution in [0.2, 0.25) is 0 Å². The molecule has 0 aliphatic carbocycles. The van der Waals surface area contributed by atoms with Crippen LogP contribution in [0.5, 0.6) is 5.75 Å². The molecule has 0 unspecified atom stereocenters. The fourth-order valence-corrected chi connectivity index (χ4v) is 3.71. The lowest BCUT2D eigenvalue weighted by molar-refractivity contribution is -0.167. The quantitative estimate of drug-likeness (QED) is 0.597. The molecule has 3 rings (SSSR count). The largest absolute Gasteiger partial charge is 0.497 e. The smallest absolute Gasteiger partial charge is 0.338 e. The molecule has 2 heterocycles. The topological polar surface area (TPSA) is 89.7 Å². The van der Waals surface area contributed by atoms with Crippen molar-refractivity contribution >= 4 is 22.8 Å². The molecule has 146 valence electrons. The highest BCUT2D eigenvalue weighted by Crippen LogP contribution is 2.39. The Bertz CT molecular complexity index is 839. The van der Waals surface area contributed by atoms with Crippen molar-refractivity contribution in [3.63, 3.8) is 0 Å². The normalized spacial score (nSPS) is 18.0. The number of esters is 2. The van der Waals surface area contributed by atoms with E-state index in [1.54, 1.807) is 21.0 Å². The Labute approximate surface area is 158 Å². The highest BCUT2D eigenvalue weighted by atomic mass is 16.6. The predicted molar refractivity (Wildman–Crippen MR) is 101 cm³/mol. The van der Waals surface area contributed by atoms with Gasteiger partial charge >= 0.3 is 11.9 Å². The molecule has 0 amide bonds. The van der Waals surface area contributed by atoms with Crippen LogP contribution in [0.25, 0.3) is 10.9 Å². The number of methoxy groups -OCH3 is 1. The monoisotopic (exact) mass is 374 g/mol. The summed E-state index contributed by atoms with van der Waals surface area (Å²) in [6.07, 6.45) is 0.848. The minimum Gasteiger partial charge on any atom is -0.497 e. The Morgan fingerprint density at radius 1 is 1.15 bits per heavy atom. The maximum absolute atomic E-state index is 12.9. The van der Waals surface area contributed by atoms with E-state index >= 15 is 0 Å². The van der Waals surface area contributed by atoms with Crippen LogP contribution in [0.15, 0.2) is 18.2 Å². The molecule has 7 heteroatoms. The van der Waals surface area contributed by atoms with Crippen molar-refractivity contribution in [2.75, 3.05) is 20.3 Å². The van der Waals surface area contributed by atoms with Crippen LogP contribution < -0.4 is 10.1 Å². The second kappa shape index (κ2) is 7.60. The summed E-state index contributed by atoms with van der Waals surface area (Å²) < 4.78 is 15.9. The van der Waals surface area contributed by atoms with E-state index < -0.39 is 17.5 Å². The van der Waals surface area contributed by atoms with Crippen LogP contribution in [-0.2, 0) is 25.5 Å². The fourth-order valence-electron chi connectivity index (χ4n) is 3.71. The number of benzene rings is 1. The molecule has 0 radical (unpaired) electrons. The Balaban J connectivity index is 2.17. The van der Waals surface area contributed by atoms with E-state index in [4.69, 9.17) is 14.2 Å². The van der Waals surface area contributed by atoms with Crippen molar-refractivity contribution in [3.05, 3.63) is 29.5 Å². The molecule has 1 aromatic carbocycles. The van der Waals surface area contributed by atoms with E-state index in [2.05, 4.69) is 10.3 Å². The van der Waals surface area contributed by atoms with E-state index in [9.17, 15) is 9.59 Å². The third-order valence-electron chi connectivity index (χ3n) is 5.01. The first kappa shape index (κ1) is 19.2. The van der Waals surface area contributed by atoms with Gasteiger partial charge in [0.25, 0.3) is 0 Å². The summed E-state index contributed by atoms with van der Waals surface area (Å²) in [5.41, 5.74) is 1.27. The van der Waals surface area contributed by atoms with Gasteiger partial charge in [-0.3, -0.25) is 5.32 Å². The van der Waals surface area contributed by atoms with Crippen molar-refractivity contribution in [2.45, 2.75) is 45.2 Å². The maximum atomic E-state index is 12.9. The van der Waals surface area contributed by atoms with Gasteiger partial charge < -0.3 is 19.2 Å². The molecule has 2 N–H and O–H groups in total. The van der Waals surface area contributed by atoms with E-state index in [0.29, 0.717) is 12.2 Å². The number of hydrogen-bond acceptors (Lipinski definition) is 6. The molecular weight excluding hydrogens is 348 g/mol. The van der Waals surface area contributed by atoms with Gasteiger partial charge in [0.15, 0.2) is 0 Å². The highest BCUT2D eigenvalue weighted by Gasteiger charge is 2.53. The zero-order valence-corrected chi connectivity index (χ0v) is 16.2. The summed E-state index contributed by atoms with van der Waals surface area (Å²) in [6.45, 7) is 5.82. The molecule has 1 aromatic heterocycles. The van der Waals surface area contributed by atoms with Crippen molar-refractivity contribution < 1.29 is 23.8 Å². The summed E-state index contributed by atoms with van der Waals surface area (Å²) in [7, 11) is 1.61. The minimum atomic E-state index is -1.56. The molecule has 1 aliphatic heterocycles. The zero-order valence-electron chi connectivity index (χ0n) is 16.2. The van der Waals surface area contributed by atoms with Crippen LogP contribution in [0.4, 0.5) is 0 Å². The van der Waals surface area contributed by atoms with E-state index in [1.807, 2.05) is 25.1 Å². The molecule has 1 atom stereocenters. The Morgan fingerprint density at radius 2 is 1.81 bits per heavy atom. The first-order valence-electron chi connectivity index (χ1n) is 9.31. The SMILES string of the molecule is CCOC(=O)C1(C(=O)OCC)Cc2c([nH]c3ccc(OC)cc23)[C@@H](CC)N1. The van der Waals surface area contributed by atoms with Gasteiger partial charge in [-0.25, -0.2) is 9.59 Å². The number of H-pyrrole nitrogens is 1. The second-order valence-electron chi connectivity index (χ2n) is 6.56. The van der Waals surface area contributed by atoms with Gasteiger partial charge in [0.2, 0.25) is 5.54 Å². The van der Waals surface area contributed by atoms with Crippen LogP contribution >= 0.6 is 0 Å². The predicted octanol–water partition coefficient (Wildman–Crippen LogP) is 2.64. The summed E-state index contributed by atoms with van der Waals surface area (Å²) in [5, 5.41) is 4.15. The molecule has 0 fully saturated rings. The van der Waals surface area contributed by atoms with Crippen LogP contribution in [0.3, 0.4) is 0 Å². The van der Waals surface area contributed by atoms with Crippen LogP contribution in [-0.4, -0.2) is 42.8 Å². The van der Waals surface area contributed by atoms with Gasteiger partial charge in [0, 0.05) is 29.1 Å². The Morgan fingerprint density at radius 3 is 2.37 bits per heavy atom. The number of ether oxygens (including phenoxy) is 3. The lowest BCUT2D eigenvalue weighted by Gasteiger charge is -2.38. The number of hydrogen-bond donors (Lipinski definition) is 2. The molecule has 0 bridgehead atoms. The molecule has 0 saturated heterocycles. The summed E-state index contributed by atoms with van der Waals surface area (Å²) >= 11 is 0. The lowest BCUT2D eigenvalue weighted by atomic mass is 9.82. The molecule has 0 saturated carbocycles. The van der Waals surface area contributed by atoms with Gasteiger partial charge in [-0.1, -0.05) is 6.92 Å². The first-order valence-corrected chi connectivity index (χ1v) is 9.31. The van der Waals surface area contributed by atoms with Crippen molar-refractivity contribution in [1.82, 2.24) is 10.3 Å². The van der Waals surface area contributed by atoms with E-state index in [0.717, 1.165) is 22.2 Å². The summed E-state index contributed by atoms with van der Waals surface area (Å²) in [4.78, 5) is 29.2. The van der Waals surface area contributed by atoms with Gasteiger partial charge in [-0.2, -0.15) is 0 Å². The van der Waals surface area contributed by atoms with Gasteiger partial charge in [-0.15, -0.1) is 0 Å². The summed E-state index contributed by atoms with van der Waals surface area (Å²) in [6, 6.07) is 5.53. The first-order chi connectivity index (χ1) is 13.0. The minimum absolute atomic E-state index is 0.156. The molecule has 0 spiro atoms. The summed E-state index contributed by atoms with van der Waals surface area (Å²) in [5.74, 6) is -0.497. The zero-order chi connectivity index (χ0) is 19.6. The Kier molecular flexibility index (Phi) is 5.41. The van der Waals surface area contributed by atoms with Crippen molar-refractivity contribution in [1.29, 1.82) is 0 Å². The number of nitrogens with one attached hydrogen (secondary N) is 2. The number of aromatic amines is 1. The second-order valence-corrected chi connectivity index (χ2v) is 6.56. The molecule has 2 aromatic rings. The maximum Gasteiger partial charge on any atom is 0.338 e. The molecule has 27 heavy (non-hydrogen) atoms. The highest BCUT2D eigenvalue weighted by molar-refractivity contribution is 6.06. The van der Waals surface area contributed by atoms with Gasteiger partial charge in [0.1, 0.15) is 5.75 Å². The number of fused-ring (bicyclic) bond motifs is 3. The van der Waals surface area contributed by atoms with E-state index in [-0.39, 0.29) is 25.7 Å². The van der Waals surface area contributed by atoms with Crippen molar-refractivity contribution in [2.24, 2.45) is 0 Å². The van der Waals surface area contributed by atoms with Crippen LogP contribution in [0.1, 0.15) is 44.5 Å². The van der Waals surface area contributed by atoms with Crippen molar-refractivity contribution in [3.8, 4) is 5.75 Å². The molecule has 7 nitrogen and oxygen atoms in total. The fraction of sp³-hybridized carbons (Fsp3) is 0.500. The number of rotatable bonds is 6. The average Bonchev–Trinajstić information content (AvgIpc) is 3.04. The number of carbonyl (C=O) groups is 2. The van der Waals surface area contributed by atoms with Gasteiger partial charge in [-0.05, 0) is 44.0 Å². The Hall–Kier alpha value is -2.54. The molecule has 1 aliphatic rings. The molecular formula is C20H26N2O5. The number of carbonyl (C=O) groups excluding carboxylic acids is 2. The van der Waals surface area contributed by atoms with Crippen LogP contribution in [0, 0.1) is 0 Å². The average molecular weight is 374 g/mol. The third-order valence-corrected chi connectivity index (χ3v) is 5.01. The standard InChI is InChI=1S/C20H26N2O5/c1-5-15-17-14(13-10-12(25-4)8-9-16(13)21-17)11-20(22-15,18(23)26-6-2)19(24)27-7-3/h8-10,15,21-22H,5-7,11H2,1-4H3/t15-/m1/s1. The number of aromatic nitrogens is 1. The van der Waals surface area contributed by atoms with E-state index in [1.165, 1.54) is 0 Å². The van der Waals surface area contributed by atoms with Gasteiger partial charge in [0.05, 0.1) is 20.3 Å². The third kappa shape index (κ3) is 3.16. The lowest BCUT2D eigenvalue weighted by Crippen LogP contribution is -2.63.